The molecule has 0 saturated heterocycles. The van der Waals surface area contributed by atoms with Crippen molar-refractivity contribution < 1.29 is 24.5 Å². The van der Waals surface area contributed by atoms with Crippen LogP contribution in [-0.2, 0) is 11.2 Å². The Balaban J connectivity index is 0.000000187. The van der Waals surface area contributed by atoms with E-state index in [2.05, 4.69) is 9.72 Å². The number of nitrogens with one attached hydrogen (secondary N) is 1. The molecular formula is C19H20N2O5. The van der Waals surface area contributed by atoms with Gasteiger partial charge in [-0.05, 0) is 48.9 Å². The Bertz CT molecular complexity index is 917. The number of phenols is 1. The van der Waals surface area contributed by atoms with E-state index in [1.807, 2.05) is 12.3 Å². The molecule has 0 aliphatic carbocycles. The van der Waals surface area contributed by atoms with Crippen LogP contribution >= 0.6 is 0 Å². The fourth-order valence-corrected chi connectivity index (χ4v) is 2.42. The SMILES string of the molecule is CC(=O)Oc1ccccc1C(=O)O.NCCc1c[nH]c2ccc(O)cc12. The molecule has 0 aliphatic rings. The lowest BCUT2D eigenvalue weighted by molar-refractivity contribution is -0.131. The molecule has 3 rings (SSSR count). The lowest BCUT2D eigenvalue weighted by Gasteiger charge is -2.03. The minimum absolute atomic E-state index is 0.0160. The number of aromatic hydroxyl groups is 1. The van der Waals surface area contributed by atoms with Gasteiger partial charge >= 0.3 is 11.9 Å². The van der Waals surface area contributed by atoms with Crippen LogP contribution in [0.2, 0.25) is 0 Å². The summed E-state index contributed by atoms with van der Waals surface area (Å²) in [6, 6.07) is 11.3. The molecule has 1 heterocycles. The molecule has 0 bridgehead atoms. The van der Waals surface area contributed by atoms with E-state index in [1.54, 1.807) is 24.3 Å². The molecule has 0 aliphatic heterocycles. The average molecular weight is 356 g/mol. The van der Waals surface area contributed by atoms with Crippen molar-refractivity contribution in [3.63, 3.8) is 0 Å². The van der Waals surface area contributed by atoms with Gasteiger partial charge in [0.15, 0.2) is 0 Å². The Morgan fingerprint density at radius 2 is 1.92 bits per heavy atom. The first kappa shape index (κ1) is 19.0. The largest absolute Gasteiger partial charge is 0.508 e. The van der Waals surface area contributed by atoms with Gasteiger partial charge < -0.3 is 25.7 Å². The fourth-order valence-electron chi connectivity index (χ4n) is 2.42. The number of esters is 1. The van der Waals surface area contributed by atoms with Crippen LogP contribution < -0.4 is 10.5 Å². The van der Waals surface area contributed by atoms with Crippen molar-refractivity contribution in [3.05, 3.63) is 59.8 Å². The highest BCUT2D eigenvalue weighted by Gasteiger charge is 2.11. The molecule has 1 aromatic heterocycles. The number of aromatic amines is 1. The normalized spacial score (nSPS) is 10.1. The van der Waals surface area contributed by atoms with Crippen LogP contribution in [0.25, 0.3) is 10.9 Å². The Labute approximate surface area is 150 Å². The second kappa shape index (κ2) is 8.68. The number of hydrogen-bond acceptors (Lipinski definition) is 5. The van der Waals surface area contributed by atoms with Crippen LogP contribution in [0.15, 0.2) is 48.7 Å². The van der Waals surface area contributed by atoms with Crippen LogP contribution in [0.5, 0.6) is 11.5 Å². The summed E-state index contributed by atoms with van der Waals surface area (Å²) >= 11 is 0. The number of benzene rings is 2. The fraction of sp³-hybridized carbons (Fsp3) is 0.158. The number of fused-ring (bicyclic) bond motifs is 1. The summed E-state index contributed by atoms with van der Waals surface area (Å²) in [5.74, 6) is -1.28. The number of ether oxygens (including phenoxy) is 1. The lowest BCUT2D eigenvalue weighted by Crippen LogP contribution is -2.06. The predicted molar refractivity (Wildman–Crippen MR) is 97.4 cm³/mol. The highest BCUT2D eigenvalue weighted by Crippen LogP contribution is 2.22. The summed E-state index contributed by atoms with van der Waals surface area (Å²) in [7, 11) is 0. The van der Waals surface area contributed by atoms with E-state index >= 15 is 0 Å². The quantitative estimate of drug-likeness (QED) is 0.421. The zero-order valence-electron chi connectivity index (χ0n) is 14.2. The first-order valence-corrected chi connectivity index (χ1v) is 7.92. The molecule has 3 aromatic rings. The van der Waals surface area contributed by atoms with Crippen molar-refractivity contribution in [1.82, 2.24) is 4.98 Å². The van der Waals surface area contributed by atoms with E-state index in [0.29, 0.717) is 12.3 Å². The number of phenolic OH excluding ortho intramolecular Hbond substituents is 1. The lowest BCUT2D eigenvalue weighted by atomic mass is 10.1. The number of para-hydroxylation sites is 1. The molecule has 0 radical (unpaired) electrons. The third-order valence-electron chi connectivity index (χ3n) is 3.54. The summed E-state index contributed by atoms with van der Waals surface area (Å²) < 4.78 is 4.69. The van der Waals surface area contributed by atoms with Crippen molar-refractivity contribution in [2.24, 2.45) is 5.73 Å². The van der Waals surface area contributed by atoms with E-state index in [-0.39, 0.29) is 11.3 Å². The molecular weight excluding hydrogens is 336 g/mol. The van der Waals surface area contributed by atoms with E-state index in [0.717, 1.165) is 22.9 Å². The molecule has 7 heteroatoms. The molecule has 0 spiro atoms. The summed E-state index contributed by atoms with van der Waals surface area (Å²) in [5, 5.41) is 19.0. The third kappa shape index (κ3) is 4.84. The summed E-state index contributed by atoms with van der Waals surface area (Å²) in [6.07, 6.45) is 2.78. The molecule has 5 N–H and O–H groups in total. The first-order chi connectivity index (χ1) is 12.4. The first-order valence-electron chi connectivity index (χ1n) is 7.92. The summed E-state index contributed by atoms with van der Waals surface area (Å²) in [4.78, 5) is 24.3. The predicted octanol–water partition coefficient (Wildman–Crippen LogP) is 2.68. The zero-order valence-corrected chi connectivity index (χ0v) is 14.2. The number of H-pyrrole nitrogens is 1. The van der Waals surface area contributed by atoms with Crippen LogP contribution in [0.1, 0.15) is 22.8 Å². The van der Waals surface area contributed by atoms with E-state index in [1.165, 1.54) is 19.1 Å². The number of nitrogens with two attached hydrogens (primary N) is 1. The smallest absolute Gasteiger partial charge is 0.339 e. The van der Waals surface area contributed by atoms with Crippen LogP contribution in [0, 0.1) is 0 Å². The number of aromatic nitrogens is 1. The minimum Gasteiger partial charge on any atom is -0.508 e. The minimum atomic E-state index is -1.11. The van der Waals surface area contributed by atoms with Crippen molar-refractivity contribution in [2.45, 2.75) is 13.3 Å². The van der Waals surface area contributed by atoms with Gasteiger partial charge in [-0.2, -0.15) is 0 Å². The average Bonchev–Trinajstić information content (AvgIpc) is 2.98. The number of rotatable bonds is 4. The van der Waals surface area contributed by atoms with Gasteiger partial charge in [0.25, 0.3) is 0 Å². The number of carboxylic acid groups (broad SMARTS) is 1. The summed E-state index contributed by atoms with van der Waals surface area (Å²) in [5.41, 5.74) is 7.66. The van der Waals surface area contributed by atoms with Gasteiger partial charge in [-0.3, -0.25) is 4.79 Å². The van der Waals surface area contributed by atoms with E-state index in [4.69, 9.17) is 10.8 Å². The molecule has 7 nitrogen and oxygen atoms in total. The molecule has 0 fully saturated rings. The van der Waals surface area contributed by atoms with Gasteiger partial charge in [-0.25, -0.2) is 4.79 Å². The number of carbonyl (C=O) groups is 2. The number of aromatic carboxylic acids is 1. The molecule has 0 atom stereocenters. The monoisotopic (exact) mass is 356 g/mol. The molecule has 26 heavy (non-hydrogen) atoms. The molecule has 0 amide bonds. The van der Waals surface area contributed by atoms with Crippen molar-refractivity contribution in [2.75, 3.05) is 6.54 Å². The number of hydrogen-bond donors (Lipinski definition) is 4. The zero-order chi connectivity index (χ0) is 19.1. The van der Waals surface area contributed by atoms with Crippen molar-refractivity contribution >= 4 is 22.8 Å². The maximum absolute atomic E-state index is 10.6. The van der Waals surface area contributed by atoms with Crippen LogP contribution in [-0.4, -0.2) is 33.7 Å². The maximum atomic E-state index is 10.6. The molecule has 0 unspecified atom stereocenters. The Kier molecular flexibility index (Phi) is 6.35. The highest BCUT2D eigenvalue weighted by molar-refractivity contribution is 5.91. The van der Waals surface area contributed by atoms with Crippen molar-refractivity contribution in [1.29, 1.82) is 0 Å². The summed E-state index contributed by atoms with van der Waals surface area (Å²) in [6.45, 7) is 1.85. The van der Waals surface area contributed by atoms with Crippen LogP contribution in [0.3, 0.4) is 0 Å². The van der Waals surface area contributed by atoms with Crippen LogP contribution in [0.4, 0.5) is 0 Å². The topological polar surface area (TPSA) is 126 Å². The second-order valence-corrected chi connectivity index (χ2v) is 5.48. The number of carbonyl (C=O) groups excluding carboxylic acids is 1. The molecule has 136 valence electrons. The molecule has 2 aromatic carbocycles. The van der Waals surface area contributed by atoms with Gasteiger partial charge in [0.05, 0.1) is 0 Å². The Morgan fingerprint density at radius 3 is 2.58 bits per heavy atom. The van der Waals surface area contributed by atoms with Gasteiger partial charge in [0, 0.05) is 24.0 Å². The van der Waals surface area contributed by atoms with E-state index in [9.17, 15) is 14.7 Å². The standard InChI is InChI=1S/C10H12N2O.C9H8O4/c11-4-3-7-6-12-10-2-1-8(13)5-9(7)10;1-6(10)13-8-5-3-2-4-7(8)9(11)12/h1-2,5-6,12-13H,3-4,11H2;2-5H,1H3,(H,11,12). The second-order valence-electron chi connectivity index (χ2n) is 5.48. The Morgan fingerprint density at radius 1 is 1.19 bits per heavy atom. The van der Waals surface area contributed by atoms with Gasteiger partial charge in [-0.15, -0.1) is 0 Å². The van der Waals surface area contributed by atoms with Crippen molar-refractivity contribution in [3.8, 4) is 11.5 Å². The Hall–Kier alpha value is -3.32. The van der Waals surface area contributed by atoms with E-state index < -0.39 is 11.9 Å². The van der Waals surface area contributed by atoms with Gasteiger partial charge in [-0.1, -0.05) is 12.1 Å². The maximum Gasteiger partial charge on any atom is 0.339 e. The van der Waals surface area contributed by atoms with Gasteiger partial charge in [0.2, 0.25) is 0 Å². The third-order valence-corrected chi connectivity index (χ3v) is 3.54. The van der Waals surface area contributed by atoms with Gasteiger partial charge in [0.1, 0.15) is 17.1 Å². The molecule has 0 saturated carbocycles. The number of carboxylic acids is 1. The highest BCUT2D eigenvalue weighted by atomic mass is 16.5.